The Morgan fingerprint density at radius 3 is 2.49 bits per heavy atom. The minimum atomic E-state index is -4.70. The Morgan fingerprint density at radius 1 is 0.979 bits per heavy atom. The van der Waals surface area contributed by atoms with Gasteiger partial charge in [-0.2, -0.15) is 46.0 Å². The molecule has 0 fully saturated rings. The summed E-state index contributed by atoms with van der Waals surface area (Å²) in [4.78, 5) is 3.35. The van der Waals surface area contributed by atoms with Crippen LogP contribution in [0, 0.1) is 11.0 Å². The first-order chi connectivity index (χ1) is 22.3. The molecule has 0 unspecified atom stereocenters. The Balaban J connectivity index is 1.42. The van der Waals surface area contributed by atoms with E-state index >= 15 is 4.39 Å². The molecule has 6 rings (SSSR count). The highest BCUT2D eigenvalue weighted by molar-refractivity contribution is 6.31. The molecule has 0 saturated carbocycles. The van der Waals surface area contributed by atoms with Crippen molar-refractivity contribution in [1.82, 2.24) is 44.8 Å². The molecular formula is C28H18ClF7N10O. The smallest absolute Gasteiger partial charge is 0.433 e. The van der Waals surface area contributed by atoms with Crippen LogP contribution in [0.5, 0.6) is 0 Å². The molecule has 47 heavy (non-hydrogen) atoms. The maximum Gasteiger partial charge on any atom is 0.433 e. The van der Waals surface area contributed by atoms with Crippen molar-refractivity contribution < 1.29 is 35.5 Å². The molecule has 0 bridgehead atoms. The van der Waals surface area contributed by atoms with Crippen LogP contribution in [-0.2, 0) is 19.1 Å². The van der Waals surface area contributed by atoms with E-state index in [1.165, 1.54) is 64.5 Å². The Morgan fingerprint density at radius 2 is 1.79 bits per heavy atom. The van der Waals surface area contributed by atoms with Gasteiger partial charge in [-0.1, -0.05) is 11.6 Å². The monoisotopic (exact) mass is 678 g/mol. The molecule has 5 aromatic heterocycles. The van der Waals surface area contributed by atoms with Crippen molar-refractivity contribution in [2.24, 2.45) is 0 Å². The molecule has 242 valence electrons. The van der Waals surface area contributed by atoms with E-state index in [4.69, 9.17) is 11.6 Å². The lowest BCUT2D eigenvalue weighted by atomic mass is 10.0. The van der Waals surface area contributed by atoms with Gasteiger partial charge >= 0.3 is 12.4 Å². The summed E-state index contributed by atoms with van der Waals surface area (Å²) in [5.41, 5.74) is -0.435. The van der Waals surface area contributed by atoms with Crippen LogP contribution in [0.15, 0.2) is 79.8 Å². The van der Waals surface area contributed by atoms with Gasteiger partial charge in [0.05, 0.1) is 33.7 Å². The van der Waals surface area contributed by atoms with Crippen molar-refractivity contribution in [3.05, 3.63) is 113 Å². The fraction of sp³-hybridized carbons (Fsp3) is 0.179. The van der Waals surface area contributed by atoms with Gasteiger partial charge in [-0.15, -0.1) is 5.10 Å². The van der Waals surface area contributed by atoms with Crippen LogP contribution in [0.3, 0.4) is 0 Å². The zero-order valence-electron chi connectivity index (χ0n) is 23.4. The molecule has 0 aliphatic rings. The number of pyridine rings is 2. The topological polar surface area (TPSA) is 119 Å². The van der Waals surface area contributed by atoms with E-state index in [9.17, 15) is 31.5 Å². The van der Waals surface area contributed by atoms with Crippen LogP contribution in [0.25, 0.3) is 27.9 Å². The number of hydrogen-bond donors (Lipinski definition) is 0. The molecule has 1 aromatic carbocycles. The Bertz CT molecular complexity index is 2040. The lowest BCUT2D eigenvalue weighted by molar-refractivity contribution is -0.615. The van der Waals surface area contributed by atoms with Crippen molar-refractivity contribution in [1.29, 1.82) is 0 Å². The fourth-order valence-electron chi connectivity index (χ4n) is 4.91. The summed E-state index contributed by atoms with van der Waals surface area (Å²) in [6.45, 7) is -1.35. The minimum Gasteiger partial charge on any atom is -0.618 e. The third-order valence-electron chi connectivity index (χ3n) is 6.99. The number of tetrazole rings is 1. The van der Waals surface area contributed by atoms with Crippen molar-refractivity contribution in [3.8, 4) is 27.9 Å². The normalized spacial score (nSPS) is 12.9. The summed E-state index contributed by atoms with van der Waals surface area (Å²) in [6, 6.07) is 8.01. The van der Waals surface area contributed by atoms with E-state index < -0.39 is 36.5 Å². The van der Waals surface area contributed by atoms with E-state index in [-0.39, 0.29) is 50.8 Å². The van der Waals surface area contributed by atoms with E-state index in [0.717, 1.165) is 24.7 Å². The first kappa shape index (κ1) is 31.6. The summed E-state index contributed by atoms with van der Waals surface area (Å²) >= 11 is 6.04. The molecule has 1 atom stereocenters. The molecule has 0 saturated heterocycles. The zero-order chi connectivity index (χ0) is 33.5. The summed E-state index contributed by atoms with van der Waals surface area (Å²) in [7, 11) is 0. The third-order valence-corrected chi connectivity index (χ3v) is 7.28. The van der Waals surface area contributed by atoms with Gasteiger partial charge in [-0.05, 0) is 52.4 Å². The highest BCUT2D eigenvalue weighted by Crippen LogP contribution is 2.34. The lowest BCUT2D eigenvalue weighted by Gasteiger charge is -2.18. The lowest BCUT2D eigenvalue weighted by Crippen LogP contribution is -2.36. The van der Waals surface area contributed by atoms with Crippen molar-refractivity contribution in [3.63, 3.8) is 0 Å². The summed E-state index contributed by atoms with van der Waals surface area (Å²) < 4.78 is 97.7. The number of aromatic nitrogens is 10. The molecule has 0 aliphatic carbocycles. The van der Waals surface area contributed by atoms with Crippen LogP contribution in [0.1, 0.15) is 23.1 Å². The van der Waals surface area contributed by atoms with E-state index in [2.05, 4.69) is 30.7 Å². The summed E-state index contributed by atoms with van der Waals surface area (Å²) in [5, 5.41) is 32.5. The van der Waals surface area contributed by atoms with Gasteiger partial charge in [0.2, 0.25) is 5.69 Å². The number of halogens is 8. The summed E-state index contributed by atoms with van der Waals surface area (Å²) in [6.07, 6.45) is -2.34. The van der Waals surface area contributed by atoms with E-state index in [0.29, 0.717) is 9.41 Å². The molecule has 0 aliphatic heterocycles. The van der Waals surface area contributed by atoms with E-state index in [1.807, 2.05) is 0 Å². The summed E-state index contributed by atoms with van der Waals surface area (Å²) in [5.74, 6) is -0.855. The largest absolute Gasteiger partial charge is 0.618 e. The van der Waals surface area contributed by atoms with Crippen LogP contribution in [0.4, 0.5) is 30.7 Å². The number of rotatable bonds is 8. The maximum absolute atomic E-state index is 15.4. The average molecular weight is 679 g/mol. The van der Waals surface area contributed by atoms with Gasteiger partial charge in [0, 0.05) is 36.6 Å². The van der Waals surface area contributed by atoms with Gasteiger partial charge in [0.15, 0.2) is 12.0 Å². The molecule has 19 heteroatoms. The molecule has 6 aromatic rings. The second-order valence-corrected chi connectivity index (χ2v) is 10.6. The Kier molecular flexibility index (Phi) is 8.12. The predicted molar refractivity (Wildman–Crippen MR) is 149 cm³/mol. The molecule has 11 nitrogen and oxygen atoms in total. The van der Waals surface area contributed by atoms with Gasteiger partial charge in [0.1, 0.15) is 24.6 Å². The fourth-order valence-corrected chi connectivity index (χ4v) is 5.07. The second kappa shape index (κ2) is 12.1. The number of alkyl halides is 6. The average Bonchev–Trinajstić information content (AvgIpc) is 3.79. The minimum absolute atomic E-state index is 0.00545. The van der Waals surface area contributed by atoms with Gasteiger partial charge in [0.25, 0.3) is 0 Å². The molecule has 0 amide bonds. The number of nitrogens with zero attached hydrogens (tertiary/aromatic N) is 10. The first-order valence-electron chi connectivity index (χ1n) is 13.4. The highest BCUT2D eigenvalue weighted by Gasteiger charge is 2.33. The standard InChI is InChI=1S/C28H18ClF7N10O/c29-20-2-4-22(45-15-38-41-42-45)25(26(20)30)17-1-3-21(46(47)13-17)23(10-19-6-8-43(40-19)14-27(31,32)33)44-12-18(11-39-44)16-5-7-37-24(9-16)28(34,35)36/h1-9,11-13,15,23H,10,14H2/t23-/m1/s1. The predicted octanol–water partition coefficient (Wildman–Crippen LogP) is 5.62. The van der Waals surface area contributed by atoms with Crippen molar-refractivity contribution >= 4 is 11.6 Å². The molecule has 0 spiro atoms. The Labute approximate surface area is 264 Å². The van der Waals surface area contributed by atoms with E-state index in [1.54, 1.807) is 0 Å². The number of benzene rings is 1. The highest BCUT2D eigenvalue weighted by atomic mass is 35.5. The van der Waals surface area contributed by atoms with Crippen molar-refractivity contribution in [2.75, 3.05) is 0 Å². The quantitative estimate of drug-likeness (QED) is 0.116. The number of hydrogen-bond acceptors (Lipinski definition) is 7. The zero-order valence-corrected chi connectivity index (χ0v) is 24.2. The van der Waals surface area contributed by atoms with Crippen LogP contribution in [0.2, 0.25) is 5.02 Å². The maximum atomic E-state index is 15.4. The van der Waals surface area contributed by atoms with Gasteiger partial charge in [-0.3, -0.25) is 14.3 Å². The first-order valence-corrected chi connectivity index (χ1v) is 13.8. The molecular weight excluding hydrogens is 661 g/mol. The third kappa shape index (κ3) is 6.76. The second-order valence-electron chi connectivity index (χ2n) is 10.2. The SMILES string of the molecule is [O-][n+]1cc(-c2c(-n3cnnn3)ccc(Cl)c2F)ccc1[C@@H](Cc1ccn(CC(F)(F)F)n1)n1cc(-c2ccnc(C(F)(F)F)c2)cn1. The Hall–Kier alpha value is -5.39. The van der Waals surface area contributed by atoms with Crippen molar-refractivity contribution in [2.45, 2.75) is 31.4 Å². The van der Waals surface area contributed by atoms with Gasteiger partial charge < -0.3 is 5.21 Å². The molecule has 0 N–H and O–H groups in total. The van der Waals surface area contributed by atoms with Crippen LogP contribution < -0.4 is 4.73 Å². The van der Waals surface area contributed by atoms with Crippen LogP contribution in [-0.4, -0.2) is 50.9 Å². The molecule has 0 radical (unpaired) electrons. The van der Waals surface area contributed by atoms with Gasteiger partial charge in [-0.25, -0.2) is 4.39 Å². The van der Waals surface area contributed by atoms with Crippen LogP contribution >= 0.6 is 11.6 Å². The molecule has 5 heterocycles.